The van der Waals surface area contributed by atoms with Crippen molar-refractivity contribution < 1.29 is 24.0 Å². The van der Waals surface area contributed by atoms with Crippen molar-refractivity contribution in [1.29, 1.82) is 0 Å². The smallest absolute Gasteiger partial charge is 0.410 e. The van der Waals surface area contributed by atoms with Gasteiger partial charge in [0.1, 0.15) is 5.60 Å². The molecule has 0 radical (unpaired) electrons. The van der Waals surface area contributed by atoms with E-state index in [1.54, 1.807) is 4.90 Å². The lowest BCUT2D eigenvalue weighted by molar-refractivity contribution is -0.385. The highest BCUT2D eigenvalue weighted by Gasteiger charge is 2.27. The molecule has 0 saturated carbocycles. The van der Waals surface area contributed by atoms with Gasteiger partial charge in [-0.05, 0) is 44.9 Å². The fraction of sp³-hybridized carbons (Fsp3) is 0.478. The zero-order valence-electron chi connectivity index (χ0n) is 20.4. The molecule has 2 amide bonds. The average molecular weight is 521 g/mol. The first kappa shape index (κ1) is 27.1. The Bertz CT molecular complexity index is 1110. The van der Waals surface area contributed by atoms with Crippen LogP contribution < -0.4 is 10.5 Å². The van der Waals surface area contributed by atoms with Gasteiger partial charge in [0.25, 0.3) is 0 Å². The number of nitrogens with two attached hydrogens (primary N) is 1. The van der Waals surface area contributed by atoms with E-state index in [9.17, 15) is 19.7 Å². The predicted octanol–water partition coefficient (Wildman–Crippen LogP) is 3.13. The molecule has 2 heterocycles. The minimum absolute atomic E-state index is 0.0177. The van der Waals surface area contributed by atoms with Gasteiger partial charge in [-0.25, -0.2) is 14.8 Å². The van der Waals surface area contributed by atoms with Gasteiger partial charge in [0.05, 0.1) is 17.1 Å². The normalized spacial score (nSPS) is 14.4. The number of rotatable bonds is 8. The van der Waals surface area contributed by atoms with Crippen molar-refractivity contribution in [3.8, 4) is 16.9 Å². The van der Waals surface area contributed by atoms with Gasteiger partial charge in [-0.2, -0.15) is 0 Å². The molecule has 0 unspecified atom stereocenters. The second-order valence-electron chi connectivity index (χ2n) is 9.24. The van der Waals surface area contributed by atoms with Crippen LogP contribution in [-0.4, -0.2) is 81.6 Å². The quantitative estimate of drug-likeness (QED) is 0.239. The summed E-state index contributed by atoms with van der Waals surface area (Å²) in [6.07, 6.45) is 2.89. The van der Waals surface area contributed by atoms with Gasteiger partial charge in [-0.1, -0.05) is 0 Å². The second-order valence-corrected chi connectivity index (χ2v) is 9.58. The lowest BCUT2D eigenvalue weighted by atomic mass is 10.0. The predicted molar refractivity (Wildman–Crippen MR) is 132 cm³/mol. The third-order valence-corrected chi connectivity index (χ3v) is 5.57. The number of benzene rings is 1. The zero-order chi connectivity index (χ0) is 26.5. The molecule has 1 aliphatic heterocycles. The van der Waals surface area contributed by atoms with Gasteiger partial charge >= 0.3 is 11.8 Å². The van der Waals surface area contributed by atoms with Gasteiger partial charge in [0.15, 0.2) is 5.75 Å². The van der Waals surface area contributed by atoms with Crippen LogP contribution in [-0.2, 0) is 4.74 Å². The first-order valence-electron chi connectivity index (χ1n) is 11.4. The summed E-state index contributed by atoms with van der Waals surface area (Å²) in [4.78, 5) is 47.0. The van der Waals surface area contributed by atoms with Crippen LogP contribution in [0.4, 0.5) is 10.5 Å². The van der Waals surface area contributed by atoms with Crippen molar-refractivity contribution in [3.63, 3.8) is 0 Å². The molecule has 2 aromatic rings. The van der Waals surface area contributed by atoms with Crippen LogP contribution in [0.25, 0.3) is 11.1 Å². The number of nitrogens with zero attached hydrogens (tertiary/aromatic N) is 5. The van der Waals surface area contributed by atoms with Crippen LogP contribution in [0.15, 0.2) is 24.5 Å². The highest BCUT2D eigenvalue weighted by molar-refractivity contribution is 6.28. The van der Waals surface area contributed by atoms with Crippen LogP contribution in [0.5, 0.6) is 5.75 Å². The van der Waals surface area contributed by atoms with Crippen LogP contribution >= 0.6 is 11.6 Å². The van der Waals surface area contributed by atoms with E-state index >= 15 is 0 Å². The first-order chi connectivity index (χ1) is 16.9. The fourth-order valence-corrected chi connectivity index (χ4v) is 3.77. The number of piperazine rings is 1. The second kappa shape index (κ2) is 11.5. The van der Waals surface area contributed by atoms with E-state index in [4.69, 9.17) is 26.8 Å². The molecular formula is C23H29ClN6O6. The Labute approximate surface area is 213 Å². The number of halogens is 1. The molecule has 0 spiro atoms. The molecule has 0 aliphatic carbocycles. The topological polar surface area (TPSA) is 154 Å². The maximum Gasteiger partial charge on any atom is 0.410 e. The third-order valence-electron chi connectivity index (χ3n) is 5.37. The Morgan fingerprint density at radius 2 is 1.81 bits per heavy atom. The highest BCUT2D eigenvalue weighted by atomic mass is 35.5. The van der Waals surface area contributed by atoms with Crippen molar-refractivity contribution in [1.82, 2.24) is 19.8 Å². The van der Waals surface area contributed by atoms with E-state index in [1.807, 2.05) is 20.8 Å². The lowest BCUT2D eigenvalue weighted by Gasteiger charge is -2.35. The SMILES string of the molecule is CC(C)(C)OC(=O)N1CCN(CCCOc2cc(C(N)=O)cc(-c3cnc(Cl)nc3)c2[N+](=O)[O-])CC1. The number of ether oxygens (including phenoxy) is 2. The lowest BCUT2D eigenvalue weighted by Crippen LogP contribution is -2.50. The van der Waals surface area contributed by atoms with E-state index in [0.29, 0.717) is 44.7 Å². The Morgan fingerprint density at radius 1 is 1.17 bits per heavy atom. The number of nitro benzene ring substituents is 1. The number of carbonyl (C=O) groups excluding carboxylic acids is 2. The van der Waals surface area contributed by atoms with E-state index < -0.39 is 16.4 Å². The summed E-state index contributed by atoms with van der Waals surface area (Å²) in [5, 5.41) is 11.9. The van der Waals surface area contributed by atoms with Crippen molar-refractivity contribution >= 4 is 29.3 Å². The summed E-state index contributed by atoms with van der Waals surface area (Å²) in [6, 6.07) is 2.57. The molecule has 1 aromatic carbocycles. The molecule has 3 rings (SSSR count). The van der Waals surface area contributed by atoms with Gasteiger partial charge in [-0.15, -0.1) is 0 Å². The monoisotopic (exact) mass is 520 g/mol. The number of carbonyl (C=O) groups is 2. The van der Waals surface area contributed by atoms with Crippen molar-refractivity contribution in [2.24, 2.45) is 5.73 Å². The molecule has 0 atom stereocenters. The van der Waals surface area contributed by atoms with E-state index in [1.165, 1.54) is 24.5 Å². The molecule has 1 aliphatic rings. The number of primary amides is 1. The number of hydrogen-bond acceptors (Lipinski definition) is 9. The molecule has 1 fully saturated rings. The molecule has 2 N–H and O–H groups in total. The molecule has 36 heavy (non-hydrogen) atoms. The Kier molecular flexibility index (Phi) is 8.64. The molecule has 13 heteroatoms. The molecular weight excluding hydrogens is 492 g/mol. The van der Waals surface area contributed by atoms with Gasteiger partial charge in [-0.3, -0.25) is 19.8 Å². The Hall–Kier alpha value is -3.51. The molecule has 12 nitrogen and oxygen atoms in total. The molecule has 0 bridgehead atoms. The summed E-state index contributed by atoms with van der Waals surface area (Å²) in [7, 11) is 0. The molecule has 1 aromatic heterocycles. The first-order valence-corrected chi connectivity index (χ1v) is 11.8. The van der Waals surface area contributed by atoms with E-state index in [0.717, 1.165) is 0 Å². The van der Waals surface area contributed by atoms with E-state index in [-0.39, 0.29) is 40.5 Å². The minimum Gasteiger partial charge on any atom is -0.487 e. The maximum atomic E-state index is 12.2. The maximum absolute atomic E-state index is 12.2. The van der Waals surface area contributed by atoms with E-state index in [2.05, 4.69) is 14.9 Å². The number of amides is 2. The summed E-state index contributed by atoms with van der Waals surface area (Å²) in [5.41, 5.74) is 5.02. The number of aromatic nitrogens is 2. The summed E-state index contributed by atoms with van der Waals surface area (Å²) in [5.74, 6) is -0.829. The van der Waals surface area contributed by atoms with Crippen molar-refractivity contribution in [3.05, 3.63) is 45.5 Å². The molecule has 1 saturated heterocycles. The largest absolute Gasteiger partial charge is 0.487 e. The van der Waals surface area contributed by atoms with Crippen LogP contribution in [0.3, 0.4) is 0 Å². The Morgan fingerprint density at radius 3 is 2.36 bits per heavy atom. The Balaban J connectivity index is 1.63. The van der Waals surface area contributed by atoms with Gasteiger partial charge in [0.2, 0.25) is 11.2 Å². The van der Waals surface area contributed by atoms with Crippen molar-refractivity contribution in [2.45, 2.75) is 32.8 Å². The summed E-state index contributed by atoms with van der Waals surface area (Å²) >= 11 is 5.73. The van der Waals surface area contributed by atoms with Gasteiger partial charge in [0, 0.05) is 62.3 Å². The summed E-state index contributed by atoms with van der Waals surface area (Å²) in [6.45, 7) is 8.79. The third kappa shape index (κ3) is 7.25. The fourth-order valence-electron chi connectivity index (χ4n) is 3.67. The summed E-state index contributed by atoms with van der Waals surface area (Å²) < 4.78 is 11.2. The number of hydrogen-bond donors (Lipinski definition) is 1. The van der Waals surface area contributed by atoms with Crippen LogP contribution in [0.2, 0.25) is 5.28 Å². The van der Waals surface area contributed by atoms with Gasteiger partial charge < -0.3 is 20.1 Å². The minimum atomic E-state index is -0.756. The standard InChI is InChI=1S/C23H29ClN6O6/c1-23(2,3)36-22(32)29-8-6-28(7-9-29)5-4-10-35-18-12-15(20(25)31)11-17(19(18)30(33)34)16-13-26-21(24)27-14-16/h11-14H,4-10H2,1-3H3,(H2,25,31). The zero-order valence-corrected chi connectivity index (χ0v) is 21.2. The average Bonchev–Trinajstić information content (AvgIpc) is 2.80. The molecule has 194 valence electrons. The van der Waals surface area contributed by atoms with Crippen LogP contribution in [0, 0.1) is 10.1 Å². The van der Waals surface area contributed by atoms with Crippen LogP contribution in [0.1, 0.15) is 37.6 Å². The van der Waals surface area contributed by atoms with Crippen molar-refractivity contribution in [2.75, 3.05) is 39.3 Å². The highest BCUT2D eigenvalue weighted by Crippen LogP contribution is 2.39. The number of nitro groups is 1.